The largest absolute Gasteiger partial charge is 0.387 e. The molecule has 0 amide bonds. The monoisotopic (exact) mass is 204 g/mol. The van der Waals surface area contributed by atoms with Gasteiger partial charge in [-0.15, -0.1) is 0 Å². The van der Waals surface area contributed by atoms with Crippen LogP contribution in [0.15, 0.2) is 55.1 Å². The fraction of sp³-hybridized carbons (Fsp3) is 0.231. The van der Waals surface area contributed by atoms with Gasteiger partial charge >= 0.3 is 0 Å². The van der Waals surface area contributed by atoms with Crippen LogP contribution in [0.1, 0.15) is 5.56 Å². The first-order chi connectivity index (χ1) is 7.33. The first-order valence-electron chi connectivity index (χ1n) is 4.92. The molecule has 2 nitrogen and oxygen atoms in total. The zero-order chi connectivity index (χ0) is 10.9. The van der Waals surface area contributed by atoms with Crippen LogP contribution in [0.4, 0.5) is 0 Å². The highest BCUT2D eigenvalue weighted by Gasteiger charge is 1.98. The Kier molecular flexibility index (Phi) is 5.44. The van der Waals surface area contributed by atoms with Crippen LogP contribution < -0.4 is 0 Å². The summed E-state index contributed by atoms with van der Waals surface area (Å²) in [5.41, 5.74) is 1.11. The number of benzene rings is 1. The van der Waals surface area contributed by atoms with Gasteiger partial charge in [0.2, 0.25) is 0 Å². The van der Waals surface area contributed by atoms with E-state index in [0.717, 1.165) is 5.56 Å². The Hall–Kier alpha value is -1.38. The SMILES string of the molecule is C=CC=CC(O)COCc1ccccc1. The van der Waals surface area contributed by atoms with E-state index in [4.69, 9.17) is 4.74 Å². The minimum atomic E-state index is -0.563. The van der Waals surface area contributed by atoms with Gasteiger partial charge in [-0.05, 0) is 5.56 Å². The quantitative estimate of drug-likeness (QED) is 0.720. The van der Waals surface area contributed by atoms with Crippen LogP contribution in [0.3, 0.4) is 0 Å². The van der Waals surface area contributed by atoms with Gasteiger partial charge in [0.1, 0.15) is 0 Å². The van der Waals surface area contributed by atoms with Crippen LogP contribution in [0.5, 0.6) is 0 Å². The van der Waals surface area contributed by atoms with Gasteiger partial charge in [0.05, 0.1) is 19.3 Å². The minimum absolute atomic E-state index is 0.305. The van der Waals surface area contributed by atoms with Crippen molar-refractivity contribution in [3.8, 4) is 0 Å². The zero-order valence-electron chi connectivity index (χ0n) is 8.67. The second-order valence-corrected chi connectivity index (χ2v) is 3.19. The Labute approximate surface area is 90.5 Å². The second-order valence-electron chi connectivity index (χ2n) is 3.19. The van der Waals surface area contributed by atoms with Crippen LogP contribution in [-0.2, 0) is 11.3 Å². The van der Waals surface area contributed by atoms with Gasteiger partial charge in [0, 0.05) is 0 Å². The van der Waals surface area contributed by atoms with Gasteiger partial charge in [-0.2, -0.15) is 0 Å². The molecule has 0 fully saturated rings. The summed E-state index contributed by atoms with van der Waals surface area (Å²) >= 11 is 0. The maximum atomic E-state index is 9.40. The number of allylic oxidation sites excluding steroid dienone is 2. The molecule has 1 N–H and O–H groups in total. The summed E-state index contributed by atoms with van der Waals surface area (Å²) in [6.45, 7) is 4.35. The van der Waals surface area contributed by atoms with Gasteiger partial charge in [-0.25, -0.2) is 0 Å². The highest BCUT2D eigenvalue weighted by atomic mass is 16.5. The van der Waals surface area contributed by atoms with Crippen molar-refractivity contribution in [1.29, 1.82) is 0 Å². The second kappa shape index (κ2) is 6.98. The smallest absolute Gasteiger partial charge is 0.0957 e. The number of rotatable bonds is 6. The molecule has 1 aromatic carbocycles. The molecule has 80 valence electrons. The fourth-order valence-corrected chi connectivity index (χ4v) is 1.13. The topological polar surface area (TPSA) is 29.5 Å². The summed E-state index contributed by atoms with van der Waals surface area (Å²) in [5, 5.41) is 9.40. The lowest BCUT2D eigenvalue weighted by atomic mass is 10.2. The number of hydrogen-bond donors (Lipinski definition) is 1. The van der Waals surface area contributed by atoms with Crippen molar-refractivity contribution in [2.75, 3.05) is 6.61 Å². The van der Waals surface area contributed by atoms with Crippen molar-refractivity contribution in [2.24, 2.45) is 0 Å². The minimum Gasteiger partial charge on any atom is -0.387 e. The molecule has 0 bridgehead atoms. The third-order valence-electron chi connectivity index (χ3n) is 1.87. The first kappa shape index (κ1) is 11.7. The summed E-state index contributed by atoms with van der Waals surface area (Å²) in [6.07, 6.45) is 4.42. The number of hydrogen-bond acceptors (Lipinski definition) is 2. The van der Waals surface area contributed by atoms with E-state index in [1.54, 1.807) is 18.2 Å². The van der Waals surface area contributed by atoms with Crippen molar-refractivity contribution < 1.29 is 9.84 Å². The first-order valence-corrected chi connectivity index (χ1v) is 4.92. The molecule has 1 aromatic rings. The molecule has 2 heteroatoms. The van der Waals surface area contributed by atoms with E-state index in [2.05, 4.69) is 6.58 Å². The van der Waals surface area contributed by atoms with Crippen molar-refractivity contribution in [3.63, 3.8) is 0 Å². The predicted octanol–water partition coefficient (Wildman–Crippen LogP) is 2.31. The van der Waals surface area contributed by atoms with E-state index >= 15 is 0 Å². The average Bonchev–Trinajstić information content (AvgIpc) is 2.28. The molecule has 0 radical (unpaired) electrons. The molecule has 0 saturated carbocycles. The standard InChI is InChI=1S/C13H16O2/c1-2-3-9-13(14)11-15-10-12-7-5-4-6-8-12/h2-9,13-14H,1,10-11H2. The Morgan fingerprint density at radius 2 is 2.07 bits per heavy atom. The molecule has 1 rings (SSSR count). The molecule has 0 heterocycles. The van der Waals surface area contributed by atoms with Crippen LogP contribution in [0, 0.1) is 0 Å². The van der Waals surface area contributed by atoms with E-state index in [9.17, 15) is 5.11 Å². The molecule has 15 heavy (non-hydrogen) atoms. The summed E-state index contributed by atoms with van der Waals surface area (Å²) in [7, 11) is 0. The zero-order valence-corrected chi connectivity index (χ0v) is 8.67. The lowest BCUT2D eigenvalue weighted by Gasteiger charge is -2.06. The normalized spacial score (nSPS) is 12.9. The molecular weight excluding hydrogens is 188 g/mol. The van der Waals surface area contributed by atoms with Gasteiger partial charge < -0.3 is 9.84 Å². The fourth-order valence-electron chi connectivity index (χ4n) is 1.13. The van der Waals surface area contributed by atoms with Crippen LogP contribution in [-0.4, -0.2) is 17.8 Å². The lowest BCUT2D eigenvalue weighted by Crippen LogP contribution is -2.11. The average molecular weight is 204 g/mol. The van der Waals surface area contributed by atoms with Crippen molar-refractivity contribution in [3.05, 3.63) is 60.7 Å². The number of aliphatic hydroxyl groups is 1. The molecular formula is C13H16O2. The van der Waals surface area contributed by atoms with E-state index < -0.39 is 6.10 Å². The Bertz CT molecular complexity index is 304. The van der Waals surface area contributed by atoms with Gasteiger partial charge in [-0.3, -0.25) is 0 Å². The van der Waals surface area contributed by atoms with Crippen molar-refractivity contribution in [1.82, 2.24) is 0 Å². The molecule has 1 unspecified atom stereocenters. The highest BCUT2D eigenvalue weighted by Crippen LogP contribution is 2.01. The Morgan fingerprint density at radius 3 is 2.73 bits per heavy atom. The van der Waals surface area contributed by atoms with Gasteiger partial charge in [0.15, 0.2) is 0 Å². The van der Waals surface area contributed by atoms with Crippen molar-refractivity contribution >= 4 is 0 Å². The molecule has 0 saturated heterocycles. The third-order valence-corrected chi connectivity index (χ3v) is 1.87. The molecule has 0 aliphatic rings. The van der Waals surface area contributed by atoms with E-state index in [0.29, 0.717) is 13.2 Å². The predicted molar refractivity (Wildman–Crippen MR) is 61.4 cm³/mol. The third kappa shape index (κ3) is 5.15. The van der Waals surface area contributed by atoms with E-state index in [1.165, 1.54) is 0 Å². The molecule has 1 atom stereocenters. The van der Waals surface area contributed by atoms with Crippen LogP contribution in [0.25, 0.3) is 0 Å². The summed E-state index contributed by atoms with van der Waals surface area (Å²) in [6, 6.07) is 9.88. The number of aliphatic hydroxyl groups excluding tert-OH is 1. The van der Waals surface area contributed by atoms with Crippen LogP contribution >= 0.6 is 0 Å². The molecule has 0 aromatic heterocycles. The van der Waals surface area contributed by atoms with E-state index in [-0.39, 0.29) is 0 Å². The maximum absolute atomic E-state index is 9.40. The Morgan fingerprint density at radius 1 is 1.33 bits per heavy atom. The van der Waals surface area contributed by atoms with Crippen molar-refractivity contribution in [2.45, 2.75) is 12.7 Å². The summed E-state index contributed by atoms with van der Waals surface area (Å²) in [5.74, 6) is 0. The van der Waals surface area contributed by atoms with Gasteiger partial charge in [-0.1, -0.05) is 55.1 Å². The molecule has 0 spiro atoms. The summed E-state index contributed by atoms with van der Waals surface area (Å²) < 4.78 is 5.34. The maximum Gasteiger partial charge on any atom is 0.0957 e. The molecule has 0 aliphatic heterocycles. The Balaban J connectivity index is 2.22. The lowest BCUT2D eigenvalue weighted by molar-refractivity contribution is 0.0504. The molecule has 0 aliphatic carbocycles. The van der Waals surface area contributed by atoms with E-state index in [1.807, 2.05) is 30.3 Å². The van der Waals surface area contributed by atoms with Crippen LogP contribution in [0.2, 0.25) is 0 Å². The highest BCUT2D eigenvalue weighted by molar-refractivity contribution is 5.13. The summed E-state index contributed by atoms with van der Waals surface area (Å²) in [4.78, 5) is 0. The number of ether oxygens (including phenoxy) is 1. The van der Waals surface area contributed by atoms with Gasteiger partial charge in [0.25, 0.3) is 0 Å².